The van der Waals surface area contributed by atoms with Gasteiger partial charge in [-0.3, -0.25) is 33.8 Å². The molecule has 1 aromatic rings. The molecule has 15 heteroatoms. The number of benzene rings is 1. The van der Waals surface area contributed by atoms with Crippen LogP contribution in [-0.2, 0) is 35.2 Å². The Morgan fingerprint density at radius 3 is 1.98 bits per heavy atom. The van der Waals surface area contributed by atoms with E-state index in [2.05, 4.69) is 26.3 Å². The monoisotopic (exact) mass is 737 g/mol. The number of carbonyl (C=O) groups excluding carboxylic acids is 6. The third kappa shape index (κ3) is 12.7. The molecule has 6 amide bonds. The summed E-state index contributed by atoms with van der Waals surface area (Å²) in [5.74, 6) is -2.27. The van der Waals surface area contributed by atoms with Crippen LogP contribution in [0.4, 0.5) is 0 Å². The van der Waals surface area contributed by atoms with Gasteiger partial charge in [0.05, 0.1) is 0 Å². The van der Waals surface area contributed by atoms with Crippen LogP contribution in [0.5, 0.6) is 0 Å². The van der Waals surface area contributed by atoms with Crippen LogP contribution in [0.3, 0.4) is 0 Å². The van der Waals surface area contributed by atoms with Crippen molar-refractivity contribution < 1.29 is 28.8 Å². The number of fused-ring (bicyclic) bond motifs is 2. The zero-order chi connectivity index (χ0) is 38.2. The van der Waals surface area contributed by atoms with E-state index in [9.17, 15) is 28.8 Å². The predicted molar refractivity (Wildman–Crippen MR) is 201 cm³/mol. The Morgan fingerprint density at radius 2 is 1.32 bits per heavy atom. The van der Waals surface area contributed by atoms with Gasteiger partial charge in [-0.2, -0.15) is 0 Å². The van der Waals surface area contributed by atoms with Crippen molar-refractivity contribution >= 4 is 41.4 Å². The second-order valence-corrected chi connectivity index (χ2v) is 14.4. The molecule has 3 aliphatic heterocycles. The van der Waals surface area contributed by atoms with Crippen molar-refractivity contribution in [3.63, 3.8) is 0 Å². The van der Waals surface area contributed by atoms with E-state index in [-0.39, 0.29) is 49.0 Å². The van der Waals surface area contributed by atoms with Crippen molar-refractivity contribution in [1.82, 2.24) is 31.1 Å². The van der Waals surface area contributed by atoms with Gasteiger partial charge in [0.2, 0.25) is 35.4 Å². The lowest BCUT2D eigenvalue weighted by Crippen LogP contribution is -2.58. The first kappa shape index (κ1) is 41.1. The smallest absolute Gasteiger partial charge is 0.246 e. The Hall–Kier alpha value is -4.69. The minimum Gasteiger partial charge on any atom is -0.370 e. The van der Waals surface area contributed by atoms with Crippen LogP contribution in [0.15, 0.2) is 35.3 Å². The Morgan fingerprint density at radius 1 is 0.717 bits per heavy atom. The maximum absolute atomic E-state index is 14.0. The van der Waals surface area contributed by atoms with Crippen molar-refractivity contribution in [2.24, 2.45) is 16.5 Å². The summed E-state index contributed by atoms with van der Waals surface area (Å²) in [7, 11) is 0. The third-order valence-electron chi connectivity index (χ3n) is 10.3. The van der Waals surface area contributed by atoms with Crippen molar-refractivity contribution in [3.05, 3.63) is 35.9 Å². The Balaban J connectivity index is 1.52. The van der Waals surface area contributed by atoms with Crippen LogP contribution in [0, 0.1) is 0 Å². The van der Waals surface area contributed by atoms with Crippen molar-refractivity contribution in [3.8, 4) is 0 Å². The number of rotatable bonds is 6. The fraction of sp³-hybridized carbons (Fsp3) is 0.658. The molecule has 0 bridgehead atoms. The topological polar surface area (TPSA) is 221 Å². The first-order valence-corrected chi connectivity index (χ1v) is 19.4. The molecule has 0 spiro atoms. The molecule has 3 heterocycles. The van der Waals surface area contributed by atoms with Gasteiger partial charge >= 0.3 is 0 Å². The molecule has 5 atom stereocenters. The maximum atomic E-state index is 14.0. The number of nitrogens with one attached hydrogen (secondary N) is 4. The standard InChI is InChI=1S/C38H59N9O6/c1-26-33(49)45-28(17-12-22-42-38(39)40)36(52)46-23-13-18-30(46)34(50)41-21-11-6-4-2-3-5-10-20-32(48)44-29(25-27-15-8-7-9-16-27)37(53)47-24-14-19-31(47)35(51)43-26/h7-9,15-16,26,28-31H,2-6,10-14,17-25H2,1H3,(H,41,50)(H,43,51)(H,44,48)(H,45,49)(H4,39,40,42)/t26-,28-,29-,30-,31-/m0/s1. The minimum atomic E-state index is -1.04. The summed E-state index contributed by atoms with van der Waals surface area (Å²) in [6.45, 7) is 3.01. The van der Waals surface area contributed by atoms with Gasteiger partial charge in [-0.25, -0.2) is 0 Å². The van der Waals surface area contributed by atoms with Crippen LogP contribution in [0.1, 0.15) is 102 Å². The molecular formula is C38H59N9O6. The molecule has 0 aliphatic carbocycles. The SMILES string of the molecule is C[C@@H]1NC(=O)[C@@H]2CCCN2C(=O)[C@H](Cc2ccccc2)NC(=O)CCCCCCCCCNC(=O)[C@@H]2CCCN2C(=O)[C@H](CCCN=C(N)N)NC1=O. The van der Waals surface area contributed by atoms with Crippen LogP contribution >= 0.6 is 0 Å². The lowest BCUT2D eigenvalue weighted by atomic mass is 10.0. The van der Waals surface area contributed by atoms with Crippen LogP contribution < -0.4 is 32.7 Å². The molecule has 3 saturated heterocycles. The number of aliphatic imine (C=N–C) groups is 1. The summed E-state index contributed by atoms with van der Waals surface area (Å²) >= 11 is 0. The van der Waals surface area contributed by atoms with Crippen molar-refractivity contribution in [2.45, 2.75) is 133 Å². The van der Waals surface area contributed by atoms with E-state index in [1.807, 2.05) is 30.3 Å². The molecule has 292 valence electrons. The van der Waals surface area contributed by atoms with Gasteiger partial charge in [0, 0.05) is 39.0 Å². The van der Waals surface area contributed by atoms with E-state index >= 15 is 0 Å². The summed E-state index contributed by atoms with van der Waals surface area (Å²) in [6, 6.07) is 5.13. The van der Waals surface area contributed by atoms with E-state index in [1.54, 1.807) is 4.90 Å². The van der Waals surface area contributed by atoms with Gasteiger partial charge in [0.1, 0.15) is 30.2 Å². The molecule has 0 radical (unpaired) electrons. The molecule has 0 unspecified atom stereocenters. The summed E-state index contributed by atoms with van der Waals surface area (Å²) in [5.41, 5.74) is 11.8. The summed E-state index contributed by atoms with van der Waals surface area (Å²) in [4.78, 5) is 88.5. The number of nitrogens with two attached hydrogens (primary N) is 2. The lowest BCUT2D eigenvalue weighted by molar-refractivity contribution is -0.143. The molecule has 15 nitrogen and oxygen atoms in total. The number of guanidine groups is 1. The summed E-state index contributed by atoms with van der Waals surface area (Å²) < 4.78 is 0. The molecule has 0 saturated carbocycles. The predicted octanol–water partition coefficient (Wildman–Crippen LogP) is 0.990. The number of amides is 6. The molecule has 8 N–H and O–H groups in total. The van der Waals surface area contributed by atoms with E-state index in [4.69, 9.17) is 11.5 Å². The highest BCUT2D eigenvalue weighted by Gasteiger charge is 2.40. The number of hydrogen-bond donors (Lipinski definition) is 6. The van der Waals surface area contributed by atoms with Crippen molar-refractivity contribution in [1.29, 1.82) is 0 Å². The van der Waals surface area contributed by atoms with Gasteiger partial charge in [-0.15, -0.1) is 0 Å². The molecule has 3 fully saturated rings. The maximum Gasteiger partial charge on any atom is 0.246 e. The lowest BCUT2D eigenvalue weighted by Gasteiger charge is -2.31. The quantitative estimate of drug-likeness (QED) is 0.140. The van der Waals surface area contributed by atoms with Crippen molar-refractivity contribution in [2.75, 3.05) is 26.2 Å². The second-order valence-electron chi connectivity index (χ2n) is 14.4. The summed E-state index contributed by atoms with van der Waals surface area (Å²) in [6.07, 6.45) is 9.75. The Labute approximate surface area is 312 Å². The molecule has 0 aromatic heterocycles. The Bertz CT molecular complexity index is 1440. The second kappa shape index (κ2) is 21.1. The highest BCUT2D eigenvalue weighted by atomic mass is 16.2. The number of carbonyl (C=O) groups is 6. The average Bonchev–Trinajstić information content (AvgIpc) is 3.84. The third-order valence-corrected chi connectivity index (χ3v) is 10.3. The average molecular weight is 738 g/mol. The largest absolute Gasteiger partial charge is 0.370 e. The van der Waals surface area contributed by atoms with Gasteiger partial charge < -0.3 is 42.5 Å². The molecule has 1 aromatic carbocycles. The highest BCUT2D eigenvalue weighted by Crippen LogP contribution is 2.22. The molecular weight excluding hydrogens is 678 g/mol. The first-order chi connectivity index (χ1) is 25.5. The molecule has 3 aliphatic rings. The highest BCUT2D eigenvalue weighted by molar-refractivity contribution is 5.96. The molecule has 4 rings (SSSR count). The van der Waals surface area contributed by atoms with E-state index in [1.165, 1.54) is 11.8 Å². The van der Waals surface area contributed by atoms with Crippen LogP contribution in [0.2, 0.25) is 0 Å². The normalized spacial score (nSPS) is 26.5. The fourth-order valence-electron chi connectivity index (χ4n) is 7.38. The van der Waals surface area contributed by atoms with Gasteiger partial charge in [-0.1, -0.05) is 62.4 Å². The Kier molecular flexibility index (Phi) is 16.4. The van der Waals surface area contributed by atoms with Gasteiger partial charge in [0.15, 0.2) is 5.96 Å². The first-order valence-electron chi connectivity index (χ1n) is 19.4. The number of hydrogen-bond acceptors (Lipinski definition) is 7. The zero-order valence-electron chi connectivity index (χ0n) is 31.2. The van der Waals surface area contributed by atoms with Gasteiger partial charge in [-0.05, 0) is 63.9 Å². The number of nitrogens with zero attached hydrogens (tertiary/aromatic N) is 3. The summed E-state index contributed by atoms with van der Waals surface area (Å²) in [5, 5.41) is 11.5. The van der Waals surface area contributed by atoms with E-state index in [0.29, 0.717) is 64.6 Å². The van der Waals surface area contributed by atoms with E-state index in [0.717, 1.165) is 44.1 Å². The molecule has 53 heavy (non-hydrogen) atoms. The zero-order valence-corrected chi connectivity index (χ0v) is 31.2. The van der Waals surface area contributed by atoms with Gasteiger partial charge in [0.25, 0.3) is 0 Å². The van der Waals surface area contributed by atoms with Crippen LogP contribution in [-0.4, -0.2) is 108 Å². The minimum absolute atomic E-state index is 0.0825. The van der Waals surface area contributed by atoms with E-state index < -0.39 is 42.0 Å². The fourth-order valence-corrected chi connectivity index (χ4v) is 7.38. The van der Waals surface area contributed by atoms with Crippen LogP contribution in [0.25, 0.3) is 0 Å².